The lowest BCUT2D eigenvalue weighted by molar-refractivity contribution is 1.22. The minimum atomic E-state index is 0.719. The van der Waals surface area contributed by atoms with Crippen molar-refractivity contribution in [1.82, 2.24) is 4.98 Å². The monoisotopic (exact) mass is 193 g/mol. The van der Waals surface area contributed by atoms with Gasteiger partial charge in [-0.15, -0.1) is 11.3 Å². The first-order chi connectivity index (χ1) is 6.33. The first-order valence-corrected chi connectivity index (χ1v) is 5.06. The van der Waals surface area contributed by atoms with Gasteiger partial charge >= 0.3 is 0 Å². The molecule has 0 saturated carbocycles. The molecule has 68 valence electrons. The highest BCUT2D eigenvalue weighted by atomic mass is 32.1. The summed E-state index contributed by atoms with van der Waals surface area (Å²) < 4.78 is 1.14. The Morgan fingerprint density at radius 2 is 2.46 bits per heavy atom. The Balaban J connectivity index is 2.66. The van der Waals surface area contributed by atoms with E-state index in [1.54, 1.807) is 17.5 Å². The molecule has 2 heterocycles. The van der Waals surface area contributed by atoms with Crippen LogP contribution in [-0.2, 0) is 0 Å². The molecule has 2 aromatic heterocycles. The van der Waals surface area contributed by atoms with Crippen LogP contribution in [0.4, 0.5) is 11.4 Å². The summed E-state index contributed by atoms with van der Waals surface area (Å²) in [6, 6.07) is 2.00. The van der Waals surface area contributed by atoms with E-state index in [9.17, 15) is 0 Å². The maximum Gasteiger partial charge on any atom is 0.0832 e. The molecule has 4 heteroatoms. The van der Waals surface area contributed by atoms with Gasteiger partial charge in [0.05, 0.1) is 27.8 Å². The number of nitrogens with two attached hydrogens (primary N) is 1. The molecule has 3 nitrogen and oxygen atoms in total. The Morgan fingerprint density at radius 1 is 1.62 bits per heavy atom. The van der Waals surface area contributed by atoms with E-state index in [2.05, 4.69) is 17.2 Å². The summed E-state index contributed by atoms with van der Waals surface area (Å²) in [7, 11) is 0. The average Bonchev–Trinajstić information content (AvgIpc) is 2.58. The fraction of sp³-hybridized carbons (Fsp3) is 0.222. The molecule has 0 radical (unpaired) electrons. The second kappa shape index (κ2) is 3.22. The van der Waals surface area contributed by atoms with Crippen LogP contribution < -0.4 is 11.1 Å². The molecule has 13 heavy (non-hydrogen) atoms. The highest BCUT2D eigenvalue weighted by Crippen LogP contribution is 2.31. The average molecular weight is 193 g/mol. The fourth-order valence-corrected chi connectivity index (χ4v) is 2.17. The van der Waals surface area contributed by atoms with E-state index >= 15 is 0 Å². The molecular formula is C9H11N3S. The Bertz CT molecular complexity index is 422. The van der Waals surface area contributed by atoms with Crippen LogP contribution in [0.2, 0.25) is 0 Å². The van der Waals surface area contributed by atoms with Gasteiger partial charge in [0.15, 0.2) is 0 Å². The van der Waals surface area contributed by atoms with Crippen LogP contribution in [0, 0.1) is 0 Å². The topological polar surface area (TPSA) is 50.9 Å². The zero-order valence-corrected chi connectivity index (χ0v) is 8.19. The summed E-state index contributed by atoms with van der Waals surface area (Å²) in [6.45, 7) is 2.93. The van der Waals surface area contributed by atoms with Gasteiger partial charge in [-0.3, -0.25) is 4.98 Å². The smallest absolute Gasteiger partial charge is 0.0832 e. The van der Waals surface area contributed by atoms with Gasteiger partial charge in [0.25, 0.3) is 0 Å². The number of anilines is 2. The zero-order chi connectivity index (χ0) is 9.26. The van der Waals surface area contributed by atoms with Crippen molar-refractivity contribution in [3.63, 3.8) is 0 Å². The molecule has 0 unspecified atom stereocenters. The van der Waals surface area contributed by atoms with Crippen molar-refractivity contribution in [2.45, 2.75) is 6.92 Å². The molecule has 0 amide bonds. The molecule has 2 rings (SSSR count). The van der Waals surface area contributed by atoms with Gasteiger partial charge in [0.1, 0.15) is 0 Å². The summed E-state index contributed by atoms with van der Waals surface area (Å²) in [4.78, 5) is 4.23. The summed E-state index contributed by atoms with van der Waals surface area (Å²) in [5, 5.41) is 5.28. The van der Waals surface area contributed by atoms with E-state index in [1.165, 1.54) is 0 Å². The fourth-order valence-electron chi connectivity index (χ4n) is 1.29. The standard InChI is InChI=1S/C9H11N3S/c1-2-11-8-6(10)5-12-7-3-4-13-9(7)8/h3-5H,2,10H2,1H3,(H,11,12). The lowest BCUT2D eigenvalue weighted by atomic mass is 10.3. The van der Waals surface area contributed by atoms with Crippen LogP contribution in [0.25, 0.3) is 10.2 Å². The maximum atomic E-state index is 5.81. The number of pyridine rings is 1. The number of nitrogens with one attached hydrogen (secondary N) is 1. The number of nitrogens with zero attached hydrogens (tertiary/aromatic N) is 1. The van der Waals surface area contributed by atoms with Crippen molar-refractivity contribution in [1.29, 1.82) is 0 Å². The van der Waals surface area contributed by atoms with Crippen molar-refractivity contribution in [3.05, 3.63) is 17.6 Å². The number of thiophene rings is 1. The van der Waals surface area contributed by atoms with Crippen LogP contribution in [0.15, 0.2) is 17.6 Å². The van der Waals surface area contributed by atoms with Crippen LogP contribution in [-0.4, -0.2) is 11.5 Å². The number of hydrogen-bond donors (Lipinski definition) is 2. The SMILES string of the molecule is CCNc1c(N)cnc2ccsc12. The highest BCUT2D eigenvalue weighted by molar-refractivity contribution is 7.17. The first-order valence-electron chi connectivity index (χ1n) is 4.18. The van der Waals surface area contributed by atoms with E-state index in [0.717, 1.165) is 28.1 Å². The van der Waals surface area contributed by atoms with Gasteiger partial charge in [0, 0.05) is 6.54 Å². The number of hydrogen-bond acceptors (Lipinski definition) is 4. The number of fused-ring (bicyclic) bond motifs is 1. The van der Waals surface area contributed by atoms with Crippen LogP contribution in [0.5, 0.6) is 0 Å². The third-order valence-electron chi connectivity index (χ3n) is 1.86. The summed E-state index contributed by atoms with van der Waals surface area (Å²) in [5.41, 5.74) is 8.56. The number of nitrogen functional groups attached to an aromatic ring is 1. The Morgan fingerprint density at radius 3 is 3.23 bits per heavy atom. The van der Waals surface area contributed by atoms with Crippen molar-refractivity contribution < 1.29 is 0 Å². The van der Waals surface area contributed by atoms with Gasteiger partial charge < -0.3 is 11.1 Å². The van der Waals surface area contributed by atoms with Crippen molar-refractivity contribution in [3.8, 4) is 0 Å². The van der Waals surface area contributed by atoms with Crippen LogP contribution in [0.3, 0.4) is 0 Å². The maximum absolute atomic E-state index is 5.81. The molecule has 0 saturated heterocycles. The molecule has 3 N–H and O–H groups in total. The minimum Gasteiger partial charge on any atom is -0.396 e. The predicted octanol–water partition coefficient (Wildman–Crippen LogP) is 2.31. The predicted molar refractivity (Wildman–Crippen MR) is 58.2 cm³/mol. The van der Waals surface area contributed by atoms with Crippen molar-refractivity contribution in [2.24, 2.45) is 0 Å². The number of aromatic nitrogens is 1. The molecule has 0 bridgehead atoms. The van der Waals surface area contributed by atoms with Crippen molar-refractivity contribution in [2.75, 3.05) is 17.6 Å². The van der Waals surface area contributed by atoms with Gasteiger partial charge in [-0.05, 0) is 18.4 Å². The molecule has 0 aliphatic heterocycles. The molecular weight excluding hydrogens is 182 g/mol. The zero-order valence-electron chi connectivity index (χ0n) is 7.37. The summed E-state index contributed by atoms with van der Waals surface area (Å²) in [6.07, 6.45) is 1.70. The van der Waals surface area contributed by atoms with E-state index in [1.807, 2.05) is 11.4 Å². The van der Waals surface area contributed by atoms with Gasteiger partial charge in [-0.25, -0.2) is 0 Å². The van der Waals surface area contributed by atoms with E-state index in [-0.39, 0.29) is 0 Å². The summed E-state index contributed by atoms with van der Waals surface area (Å²) in [5.74, 6) is 0. The molecule has 0 spiro atoms. The quantitative estimate of drug-likeness (QED) is 0.769. The molecule has 0 aliphatic carbocycles. The third kappa shape index (κ3) is 1.33. The Labute approximate surface area is 80.6 Å². The highest BCUT2D eigenvalue weighted by Gasteiger charge is 2.05. The molecule has 0 atom stereocenters. The largest absolute Gasteiger partial charge is 0.396 e. The van der Waals surface area contributed by atoms with Crippen molar-refractivity contribution >= 4 is 32.9 Å². The van der Waals surface area contributed by atoms with Gasteiger partial charge in [0.2, 0.25) is 0 Å². The van der Waals surface area contributed by atoms with Crippen LogP contribution >= 0.6 is 11.3 Å². The number of rotatable bonds is 2. The van der Waals surface area contributed by atoms with Gasteiger partial charge in [-0.2, -0.15) is 0 Å². The minimum absolute atomic E-state index is 0.719. The molecule has 2 aromatic rings. The van der Waals surface area contributed by atoms with E-state index < -0.39 is 0 Å². The second-order valence-electron chi connectivity index (χ2n) is 2.75. The third-order valence-corrected chi connectivity index (χ3v) is 2.78. The first kappa shape index (κ1) is 8.31. The van der Waals surface area contributed by atoms with Crippen LogP contribution in [0.1, 0.15) is 6.92 Å². The normalized spacial score (nSPS) is 10.5. The molecule has 0 aliphatic rings. The van der Waals surface area contributed by atoms with Gasteiger partial charge in [-0.1, -0.05) is 0 Å². The molecule has 0 fully saturated rings. The summed E-state index contributed by atoms with van der Waals surface area (Å²) >= 11 is 1.66. The Hall–Kier alpha value is -1.29. The van der Waals surface area contributed by atoms with E-state index in [0.29, 0.717) is 0 Å². The second-order valence-corrected chi connectivity index (χ2v) is 3.67. The Kier molecular flexibility index (Phi) is 2.06. The van der Waals surface area contributed by atoms with E-state index in [4.69, 9.17) is 5.73 Å². The lowest BCUT2D eigenvalue weighted by Gasteiger charge is -2.06. The molecule has 0 aromatic carbocycles. The lowest BCUT2D eigenvalue weighted by Crippen LogP contribution is -2.01.